The number of hydrogen-bond acceptors (Lipinski definition) is 5. The normalized spacial score (nSPS) is 23.6. The Morgan fingerprint density at radius 2 is 2.15 bits per heavy atom. The van der Waals surface area contributed by atoms with Crippen LogP contribution in [0, 0.1) is 11.8 Å². The first-order chi connectivity index (χ1) is 16.4. The molecule has 1 aromatic heterocycles. The molecule has 0 bridgehead atoms. The van der Waals surface area contributed by atoms with Gasteiger partial charge in [0.2, 0.25) is 5.78 Å². The Kier molecular flexibility index (Phi) is 6.03. The molecule has 3 aliphatic carbocycles. The lowest BCUT2D eigenvalue weighted by atomic mass is 9.77. The number of rotatable bonds is 8. The first kappa shape index (κ1) is 22.5. The van der Waals surface area contributed by atoms with E-state index in [9.17, 15) is 14.4 Å². The van der Waals surface area contributed by atoms with Gasteiger partial charge in [-0.05, 0) is 68.7 Å². The number of ketones is 3. The number of Topliss-reactive ketones (excluding diaryl/α,β-unsaturated/α-hetero) is 3. The van der Waals surface area contributed by atoms with E-state index < -0.39 is 0 Å². The molecule has 0 spiro atoms. The number of carbonyl (C=O) groups excluding carboxylic acids is 3. The first-order valence-electron chi connectivity index (χ1n) is 12.1. The van der Waals surface area contributed by atoms with E-state index >= 15 is 0 Å². The highest BCUT2D eigenvalue weighted by Gasteiger charge is 2.41. The molecule has 5 heteroatoms. The minimum atomic E-state index is -0.353. The van der Waals surface area contributed by atoms with E-state index in [0.29, 0.717) is 57.1 Å². The summed E-state index contributed by atoms with van der Waals surface area (Å²) in [5.74, 6) is 0.192. The smallest absolute Gasteiger partial charge is 0.201 e. The summed E-state index contributed by atoms with van der Waals surface area (Å²) in [4.78, 5) is 44.1. The largest absolute Gasteiger partial charge is 0.461 e. The van der Waals surface area contributed by atoms with Crippen molar-refractivity contribution in [3.05, 3.63) is 82.5 Å². The summed E-state index contributed by atoms with van der Waals surface area (Å²) in [6.45, 7) is 5.96. The quantitative estimate of drug-likeness (QED) is 0.353. The van der Waals surface area contributed by atoms with Gasteiger partial charge < -0.3 is 4.42 Å². The molecule has 2 unspecified atom stereocenters. The Balaban J connectivity index is 1.36. The first-order valence-corrected chi connectivity index (χ1v) is 12.1. The summed E-state index contributed by atoms with van der Waals surface area (Å²) in [6.07, 6.45) is 12.1. The van der Waals surface area contributed by atoms with Crippen molar-refractivity contribution in [3.63, 3.8) is 0 Å². The third-order valence-electron chi connectivity index (χ3n) is 7.30. The van der Waals surface area contributed by atoms with Crippen molar-refractivity contribution in [1.82, 2.24) is 0 Å². The van der Waals surface area contributed by atoms with Gasteiger partial charge in [-0.2, -0.15) is 0 Å². The summed E-state index contributed by atoms with van der Waals surface area (Å²) < 4.78 is 5.32. The van der Waals surface area contributed by atoms with E-state index in [1.165, 1.54) is 6.26 Å². The minimum Gasteiger partial charge on any atom is -0.461 e. The van der Waals surface area contributed by atoms with E-state index in [-0.39, 0.29) is 29.2 Å². The zero-order valence-electron chi connectivity index (χ0n) is 19.6. The van der Waals surface area contributed by atoms with Crippen molar-refractivity contribution < 1.29 is 18.8 Å². The van der Waals surface area contributed by atoms with Crippen LogP contribution in [0.4, 0.5) is 0 Å². The van der Waals surface area contributed by atoms with Gasteiger partial charge in [0, 0.05) is 30.0 Å². The van der Waals surface area contributed by atoms with Crippen molar-refractivity contribution >= 4 is 23.1 Å². The van der Waals surface area contributed by atoms with Gasteiger partial charge in [-0.3, -0.25) is 19.4 Å². The molecule has 1 aromatic rings. The van der Waals surface area contributed by atoms with E-state index in [1.807, 2.05) is 25.2 Å². The maximum Gasteiger partial charge on any atom is 0.201 e. The molecule has 4 aliphatic rings. The van der Waals surface area contributed by atoms with E-state index in [4.69, 9.17) is 9.41 Å². The SMILES string of the molecule is C=C(C)CC1C(=O)C2=C(CC3=C2CCC(C(=O)c2ccco2)C3)N=C1CCC(=O)C1=CC=CC1. The average Bonchev–Trinajstić information content (AvgIpc) is 3.59. The van der Waals surface area contributed by atoms with Crippen molar-refractivity contribution in [2.45, 2.75) is 58.3 Å². The second kappa shape index (κ2) is 9.13. The average molecular weight is 456 g/mol. The molecule has 0 amide bonds. The Morgan fingerprint density at radius 1 is 1.29 bits per heavy atom. The van der Waals surface area contributed by atoms with Crippen LogP contribution in [0.5, 0.6) is 0 Å². The van der Waals surface area contributed by atoms with Gasteiger partial charge >= 0.3 is 0 Å². The number of furan rings is 1. The molecule has 0 saturated heterocycles. The fourth-order valence-electron chi connectivity index (χ4n) is 5.62. The van der Waals surface area contributed by atoms with Crippen LogP contribution in [-0.4, -0.2) is 23.1 Å². The van der Waals surface area contributed by atoms with E-state index in [0.717, 1.165) is 39.3 Å². The summed E-state index contributed by atoms with van der Waals surface area (Å²) in [6, 6.07) is 3.45. The standard InChI is InChI=1S/C29H29NO4/c1-17(2)14-22-23(11-12-25(31)18-6-3-4-7-18)30-24-16-20-15-19(28(32)26-8-5-13-34-26)9-10-21(20)27(24)29(22)33/h3-6,8,13,19,22H,1,7,9-12,14-16H2,2H3. The fraction of sp³-hybridized carbons (Fsp3) is 0.379. The predicted octanol–water partition coefficient (Wildman–Crippen LogP) is 6.06. The van der Waals surface area contributed by atoms with Crippen molar-refractivity contribution in [2.75, 3.05) is 0 Å². The summed E-state index contributed by atoms with van der Waals surface area (Å²) in [5, 5.41) is 0. The van der Waals surface area contributed by atoms with Gasteiger partial charge in [0.25, 0.3) is 0 Å². The van der Waals surface area contributed by atoms with Gasteiger partial charge in [-0.25, -0.2) is 0 Å². The lowest BCUT2D eigenvalue weighted by molar-refractivity contribution is -0.118. The Hall–Kier alpha value is -3.34. The van der Waals surface area contributed by atoms with Crippen LogP contribution in [-0.2, 0) is 9.59 Å². The fourth-order valence-corrected chi connectivity index (χ4v) is 5.62. The molecule has 0 fully saturated rings. The number of nitrogens with zero attached hydrogens (tertiary/aromatic N) is 1. The third kappa shape index (κ3) is 4.15. The monoisotopic (exact) mass is 455 g/mol. The molecule has 1 aliphatic heterocycles. The minimum absolute atomic E-state index is 0.0336. The van der Waals surface area contributed by atoms with Crippen molar-refractivity contribution in [1.29, 1.82) is 0 Å². The molecule has 5 rings (SSSR count). The van der Waals surface area contributed by atoms with Crippen LogP contribution >= 0.6 is 0 Å². The lowest BCUT2D eigenvalue weighted by Crippen LogP contribution is -2.30. The Labute approximate surface area is 199 Å². The third-order valence-corrected chi connectivity index (χ3v) is 7.30. The molecule has 0 radical (unpaired) electrons. The zero-order chi connectivity index (χ0) is 23.8. The molecule has 0 saturated carbocycles. The number of aliphatic imine (C=N–C) groups is 1. The molecule has 34 heavy (non-hydrogen) atoms. The zero-order valence-corrected chi connectivity index (χ0v) is 19.6. The molecule has 0 aromatic carbocycles. The van der Waals surface area contributed by atoms with Crippen LogP contribution in [0.15, 0.2) is 86.2 Å². The van der Waals surface area contributed by atoms with Gasteiger partial charge in [0.1, 0.15) is 0 Å². The Bertz CT molecular complexity index is 1230. The summed E-state index contributed by atoms with van der Waals surface area (Å²) in [5.41, 5.74) is 6.40. The summed E-state index contributed by atoms with van der Waals surface area (Å²) in [7, 11) is 0. The highest BCUT2D eigenvalue weighted by atomic mass is 16.3. The van der Waals surface area contributed by atoms with Crippen LogP contribution in [0.25, 0.3) is 0 Å². The predicted molar refractivity (Wildman–Crippen MR) is 130 cm³/mol. The second-order valence-electron chi connectivity index (χ2n) is 9.79. The van der Waals surface area contributed by atoms with Gasteiger partial charge in [0.05, 0.1) is 17.9 Å². The van der Waals surface area contributed by atoms with Crippen LogP contribution in [0.1, 0.15) is 68.8 Å². The number of hydrogen-bond donors (Lipinski definition) is 0. The maximum absolute atomic E-state index is 13.7. The van der Waals surface area contributed by atoms with Crippen molar-refractivity contribution in [2.24, 2.45) is 16.8 Å². The number of carbonyl (C=O) groups is 3. The van der Waals surface area contributed by atoms with Crippen molar-refractivity contribution in [3.8, 4) is 0 Å². The molecule has 5 nitrogen and oxygen atoms in total. The van der Waals surface area contributed by atoms with Gasteiger partial charge in [0.15, 0.2) is 17.3 Å². The number of fused-ring (bicyclic) bond motifs is 1. The molecule has 174 valence electrons. The van der Waals surface area contributed by atoms with Gasteiger partial charge in [-0.15, -0.1) is 6.58 Å². The van der Waals surface area contributed by atoms with Crippen LogP contribution in [0.2, 0.25) is 0 Å². The highest BCUT2D eigenvalue weighted by molar-refractivity contribution is 6.18. The van der Waals surface area contributed by atoms with Crippen LogP contribution in [0.3, 0.4) is 0 Å². The van der Waals surface area contributed by atoms with Gasteiger partial charge in [-0.1, -0.05) is 29.4 Å². The molecular weight excluding hydrogens is 426 g/mol. The maximum atomic E-state index is 13.7. The summed E-state index contributed by atoms with van der Waals surface area (Å²) >= 11 is 0. The molecule has 0 N–H and O–H groups in total. The molecular formula is C29H29NO4. The Morgan fingerprint density at radius 3 is 2.85 bits per heavy atom. The second-order valence-corrected chi connectivity index (χ2v) is 9.79. The van der Waals surface area contributed by atoms with Crippen LogP contribution < -0.4 is 0 Å². The van der Waals surface area contributed by atoms with E-state index in [1.54, 1.807) is 12.1 Å². The molecule has 2 heterocycles. The topological polar surface area (TPSA) is 76.7 Å². The lowest BCUT2D eigenvalue weighted by Gasteiger charge is -2.26. The van der Waals surface area contributed by atoms with E-state index in [2.05, 4.69) is 6.58 Å². The number of allylic oxidation sites excluding steroid dienone is 8. The highest BCUT2D eigenvalue weighted by Crippen LogP contribution is 2.47. The molecule has 2 atom stereocenters.